The Labute approximate surface area is 97.6 Å². The van der Waals surface area contributed by atoms with Crippen LogP contribution in [0, 0.1) is 5.92 Å². The van der Waals surface area contributed by atoms with Crippen molar-refractivity contribution in [3.05, 3.63) is 35.9 Å². The highest BCUT2D eigenvalue weighted by atomic mass is 14.8. The third-order valence-electron chi connectivity index (χ3n) is 4.07. The van der Waals surface area contributed by atoms with E-state index in [0.717, 1.165) is 11.8 Å². The molecule has 1 unspecified atom stereocenters. The SMILES string of the molecule is CC1C[C@H]2C[C@@H](c3ccccc3)CCC2=N1. The summed E-state index contributed by atoms with van der Waals surface area (Å²) in [6.07, 6.45) is 5.15. The zero-order chi connectivity index (χ0) is 11.0. The van der Waals surface area contributed by atoms with Crippen molar-refractivity contribution in [3.63, 3.8) is 0 Å². The summed E-state index contributed by atoms with van der Waals surface area (Å²) in [5.41, 5.74) is 3.04. The van der Waals surface area contributed by atoms with Gasteiger partial charge in [0.05, 0.1) is 0 Å². The van der Waals surface area contributed by atoms with E-state index in [4.69, 9.17) is 4.99 Å². The largest absolute Gasteiger partial charge is 0.291 e. The van der Waals surface area contributed by atoms with Crippen LogP contribution < -0.4 is 0 Å². The van der Waals surface area contributed by atoms with E-state index in [9.17, 15) is 0 Å². The lowest BCUT2D eigenvalue weighted by Crippen LogP contribution is -2.21. The second-order valence-corrected chi connectivity index (χ2v) is 5.28. The van der Waals surface area contributed by atoms with Gasteiger partial charge in [-0.1, -0.05) is 30.3 Å². The summed E-state index contributed by atoms with van der Waals surface area (Å²) in [6, 6.07) is 11.6. The number of fused-ring (bicyclic) bond motifs is 1. The van der Waals surface area contributed by atoms with E-state index < -0.39 is 0 Å². The molecule has 0 amide bonds. The smallest absolute Gasteiger partial charge is 0.0477 e. The fourth-order valence-electron chi connectivity index (χ4n) is 3.30. The van der Waals surface area contributed by atoms with Crippen molar-refractivity contribution in [2.45, 2.75) is 44.6 Å². The molecule has 0 aromatic heterocycles. The van der Waals surface area contributed by atoms with Crippen LogP contribution in [0.4, 0.5) is 0 Å². The first kappa shape index (κ1) is 10.1. The second-order valence-electron chi connectivity index (χ2n) is 5.28. The Morgan fingerprint density at radius 3 is 2.69 bits per heavy atom. The summed E-state index contributed by atoms with van der Waals surface area (Å²) in [5, 5.41) is 0. The van der Waals surface area contributed by atoms with E-state index in [1.54, 1.807) is 0 Å². The maximum atomic E-state index is 4.76. The van der Waals surface area contributed by atoms with Gasteiger partial charge in [-0.2, -0.15) is 0 Å². The third-order valence-corrected chi connectivity index (χ3v) is 4.07. The van der Waals surface area contributed by atoms with Crippen LogP contribution in [0.2, 0.25) is 0 Å². The van der Waals surface area contributed by atoms with Crippen molar-refractivity contribution in [2.75, 3.05) is 0 Å². The van der Waals surface area contributed by atoms with E-state index in [-0.39, 0.29) is 0 Å². The van der Waals surface area contributed by atoms with Crippen molar-refractivity contribution in [2.24, 2.45) is 10.9 Å². The minimum atomic E-state index is 0.578. The van der Waals surface area contributed by atoms with Gasteiger partial charge in [0.15, 0.2) is 0 Å². The Kier molecular flexibility index (Phi) is 2.55. The summed E-state index contributed by atoms with van der Waals surface area (Å²) in [4.78, 5) is 4.76. The highest BCUT2D eigenvalue weighted by Crippen LogP contribution is 2.39. The number of rotatable bonds is 1. The van der Waals surface area contributed by atoms with Gasteiger partial charge in [0.25, 0.3) is 0 Å². The molecule has 1 aromatic carbocycles. The van der Waals surface area contributed by atoms with Gasteiger partial charge in [-0.25, -0.2) is 0 Å². The van der Waals surface area contributed by atoms with Crippen molar-refractivity contribution in [1.29, 1.82) is 0 Å². The second kappa shape index (κ2) is 4.04. The van der Waals surface area contributed by atoms with Crippen LogP contribution in [0.15, 0.2) is 35.3 Å². The van der Waals surface area contributed by atoms with Gasteiger partial charge in [0.2, 0.25) is 0 Å². The number of aliphatic imine (C=N–C) groups is 1. The number of hydrogen-bond acceptors (Lipinski definition) is 1. The molecule has 1 nitrogen and oxygen atoms in total. The predicted octanol–water partition coefficient (Wildman–Crippen LogP) is 3.80. The van der Waals surface area contributed by atoms with Crippen molar-refractivity contribution in [3.8, 4) is 0 Å². The molecule has 1 aromatic rings. The van der Waals surface area contributed by atoms with Gasteiger partial charge < -0.3 is 0 Å². The van der Waals surface area contributed by atoms with Gasteiger partial charge in [0.1, 0.15) is 0 Å². The quantitative estimate of drug-likeness (QED) is 0.672. The Morgan fingerprint density at radius 2 is 1.88 bits per heavy atom. The van der Waals surface area contributed by atoms with E-state index in [0.29, 0.717) is 6.04 Å². The Hall–Kier alpha value is -1.11. The highest BCUT2D eigenvalue weighted by Gasteiger charge is 2.32. The molecule has 3 atom stereocenters. The third kappa shape index (κ3) is 1.79. The lowest BCUT2D eigenvalue weighted by Gasteiger charge is -2.27. The molecule has 0 bridgehead atoms. The molecule has 1 fully saturated rings. The first-order valence-corrected chi connectivity index (χ1v) is 6.44. The van der Waals surface area contributed by atoms with E-state index >= 15 is 0 Å². The first-order valence-electron chi connectivity index (χ1n) is 6.44. The van der Waals surface area contributed by atoms with Crippen molar-refractivity contribution < 1.29 is 0 Å². The molecular formula is C15H19N. The number of nitrogens with zero attached hydrogens (tertiary/aromatic N) is 1. The van der Waals surface area contributed by atoms with Gasteiger partial charge >= 0.3 is 0 Å². The molecule has 1 aliphatic carbocycles. The molecule has 1 saturated carbocycles. The molecule has 16 heavy (non-hydrogen) atoms. The standard InChI is InChI=1S/C15H19N/c1-11-9-14-10-13(7-8-15(14)16-11)12-5-3-2-4-6-12/h2-6,11,13-14H,7-10H2,1H3/t11?,13-,14-/m0/s1. The van der Waals surface area contributed by atoms with Crippen LogP contribution in [0.3, 0.4) is 0 Å². The van der Waals surface area contributed by atoms with Gasteiger partial charge in [-0.3, -0.25) is 4.99 Å². The fraction of sp³-hybridized carbons (Fsp3) is 0.533. The van der Waals surface area contributed by atoms with Crippen LogP contribution in [-0.4, -0.2) is 11.8 Å². The molecule has 1 aliphatic heterocycles. The summed E-state index contributed by atoms with van der Waals surface area (Å²) >= 11 is 0. The zero-order valence-corrected chi connectivity index (χ0v) is 9.89. The summed E-state index contributed by atoms with van der Waals surface area (Å²) in [6.45, 7) is 2.25. The average Bonchev–Trinajstić information content (AvgIpc) is 2.69. The lowest BCUT2D eigenvalue weighted by molar-refractivity contribution is 0.453. The molecule has 0 N–H and O–H groups in total. The minimum Gasteiger partial charge on any atom is -0.291 e. The molecule has 3 rings (SSSR count). The summed E-state index contributed by atoms with van der Waals surface area (Å²) < 4.78 is 0. The highest BCUT2D eigenvalue weighted by molar-refractivity contribution is 5.89. The molecular weight excluding hydrogens is 194 g/mol. The molecule has 0 spiro atoms. The topological polar surface area (TPSA) is 12.4 Å². The van der Waals surface area contributed by atoms with Crippen LogP contribution in [-0.2, 0) is 0 Å². The van der Waals surface area contributed by atoms with Crippen LogP contribution in [0.1, 0.15) is 44.1 Å². The maximum absolute atomic E-state index is 4.76. The van der Waals surface area contributed by atoms with Crippen LogP contribution >= 0.6 is 0 Å². The average molecular weight is 213 g/mol. The monoisotopic (exact) mass is 213 g/mol. The lowest BCUT2D eigenvalue weighted by atomic mass is 9.76. The van der Waals surface area contributed by atoms with E-state index in [1.165, 1.54) is 37.0 Å². The molecule has 2 aliphatic rings. The number of hydrogen-bond donors (Lipinski definition) is 0. The predicted molar refractivity (Wildman–Crippen MR) is 68.0 cm³/mol. The molecule has 1 heteroatoms. The fourth-order valence-corrected chi connectivity index (χ4v) is 3.30. The van der Waals surface area contributed by atoms with Crippen LogP contribution in [0.5, 0.6) is 0 Å². The Morgan fingerprint density at radius 1 is 1.06 bits per heavy atom. The summed E-state index contributed by atoms with van der Waals surface area (Å²) in [5.74, 6) is 1.56. The Balaban J connectivity index is 1.76. The summed E-state index contributed by atoms with van der Waals surface area (Å²) in [7, 11) is 0. The minimum absolute atomic E-state index is 0.578. The maximum Gasteiger partial charge on any atom is 0.0477 e. The number of benzene rings is 1. The van der Waals surface area contributed by atoms with Gasteiger partial charge in [-0.15, -0.1) is 0 Å². The molecule has 84 valence electrons. The van der Waals surface area contributed by atoms with E-state index in [1.807, 2.05) is 0 Å². The zero-order valence-electron chi connectivity index (χ0n) is 9.89. The van der Waals surface area contributed by atoms with Crippen molar-refractivity contribution in [1.82, 2.24) is 0 Å². The van der Waals surface area contributed by atoms with Gasteiger partial charge in [0, 0.05) is 11.8 Å². The van der Waals surface area contributed by atoms with Crippen LogP contribution in [0.25, 0.3) is 0 Å². The first-order chi connectivity index (χ1) is 7.83. The molecule has 1 heterocycles. The molecule has 0 saturated heterocycles. The van der Waals surface area contributed by atoms with Gasteiger partial charge in [-0.05, 0) is 50.0 Å². The Bertz CT molecular complexity index is 393. The van der Waals surface area contributed by atoms with E-state index in [2.05, 4.69) is 37.3 Å². The molecule has 0 radical (unpaired) electrons. The van der Waals surface area contributed by atoms with Crippen molar-refractivity contribution >= 4 is 5.71 Å². The normalized spacial score (nSPS) is 33.3.